The predicted molar refractivity (Wildman–Crippen MR) is 103 cm³/mol. The Morgan fingerprint density at radius 2 is 1.73 bits per heavy atom. The van der Waals surface area contributed by atoms with Crippen molar-refractivity contribution in [3.05, 3.63) is 0 Å². The summed E-state index contributed by atoms with van der Waals surface area (Å²) in [5, 5.41) is 6.68. The van der Waals surface area contributed by atoms with Crippen molar-refractivity contribution in [2.45, 2.75) is 33.1 Å². The Hall–Kier alpha value is -0.570. The van der Waals surface area contributed by atoms with Crippen molar-refractivity contribution in [1.82, 2.24) is 20.4 Å². The van der Waals surface area contributed by atoms with Gasteiger partial charge in [0.05, 0.1) is 0 Å². The molecule has 0 radical (unpaired) electrons. The number of piperazine rings is 1. The lowest BCUT2D eigenvalue weighted by atomic mass is 10.2. The summed E-state index contributed by atoms with van der Waals surface area (Å²) in [5.41, 5.74) is 0. The second-order valence-electron chi connectivity index (χ2n) is 5.48. The van der Waals surface area contributed by atoms with E-state index >= 15 is 0 Å². The Kier molecular flexibility index (Phi) is 12.6. The van der Waals surface area contributed by atoms with Gasteiger partial charge in [0, 0.05) is 59.8 Å². The Balaban J connectivity index is 0.00000441. The lowest BCUT2D eigenvalue weighted by molar-refractivity contribution is -0.130. The molecule has 0 aromatic heterocycles. The summed E-state index contributed by atoms with van der Waals surface area (Å²) in [6, 6.07) is 0. The van der Waals surface area contributed by atoms with Crippen LogP contribution in [0.25, 0.3) is 0 Å². The maximum Gasteiger partial charge on any atom is 0.219 e. The number of hydrogen-bond acceptors (Lipinski definition) is 3. The number of nitrogens with zero attached hydrogens (tertiary/aromatic N) is 3. The van der Waals surface area contributed by atoms with E-state index in [4.69, 9.17) is 0 Å². The van der Waals surface area contributed by atoms with Crippen LogP contribution in [-0.4, -0.2) is 74.5 Å². The van der Waals surface area contributed by atoms with Crippen LogP contribution < -0.4 is 10.6 Å². The van der Waals surface area contributed by atoms with Gasteiger partial charge >= 0.3 is 0 Å². The van der Waals surface area contributed by atoms with Crippen molar-refractivity contribution in [1.29, 1.82) is 0 Å². The summed E-state index contributed by atoms with van der Waals surface area (Å²) >= 11 is 0. The van der Waals surface area contributed by atoms with Gasteiger partial charge in [0.15, 0.2) is 5.96 Å². The highest BCUT2D eigenvalue weighted by Crippen LogP contribution is 2.00. The first-order valence-corrected chi connectivity index (χ1v) is 8.09. The van der Waals surface area contributed by atoms with Crippen LogP contribution in [0.1, 0.15) is 33.1 Å². The molecule has 1 aliphatic heterocycles. The fourth-order valence-corrected chi connectivity index (χ4v) is 2.42. The third kappa shape index (κ3) is 8.77. The molecule has 1 aliphatic rings. The maximum atomic E-state index is 11.3. The van der Waals surface area contributed by atoms with Gasteiger partial charge in [-0.25, -0.2) is 0 Å². The van der Waals surface area contributed by atoms with Crippen LogP contribution in [0.5, 0.6) is 0 Å². The van der Waals surface area contributed by atoms with Gasteiger partial charge in [-0.15, -0.1) is 24.0 Å². The lowest BCUT2D eigenvalue weighted by Crippen LogP contribution is -2.50. The predicted octanol–water partition coefficient (Wildman–Crippen LogP) is 1.12. The number of nitrogens with one attached hydrogen (secondary N) is 2. The van der Waals surface area contributed by atoms with E-state index in [1.54, 1.807) is 14.0 Å². The SMILES string of the molecule is CCCCCNC(=NC)NCCN1CCN(C(C)=O)CC1.I. The Morgan fingerprint density at radius 1 is 1.09 bits per heavy atom. The minimum absolute atomic E-state index is 0. The third-order valence-corrected chi connectivity index (χ3v) is 3.83. The molecule has 0 unspecified atom stereocenters. The normalized spacial score (nSPS) is 16.1. The van der Waals surface area contributed by atoms with E-state index in [0.29, 0.717) is 0 Å². The average Bonchev–Trinajstić information content (AvgIpc) is 2.50. The van der Waals surface area contributed by atoms with Crippen molar-refractivity contribution in [3.63, 3.8) is 0 Å². The van der Waals surface area contributed by atoms with Crippen LogP contribution in [0.2, 0.25) is 0 Å². The van der Waals surface area contributed by atoms with Crippen LogP contribution >= 0.6 is 24.0 Å². The number of amides is 1. The molecule has 1 saturated heterocycles. The average molecular weight is 425 g/mol. The van der Waals surface area contributed by atoms with Crippen molar-refractivity contribution < 1.29 is 4.79 Å². The first-order valence-electron chi connectivity index (χ1n) is 8.09. The number of carbonyl (C=O) groups is 1. The Morgan fingerprint density at radius 3 is 2.27 bits per heavy atom. The molecular formula is C15H32IN5O. The van der Waals surface area contributed by atoms with Gasteiger partial charge < -0.3 is 15.5 Å². The molecule has 1 fully saturated rings. The Bertz CT molecular complexity index is 330. The van der Waals surface area contributed by atoms with Crippen molar-refractivity contribution in [2.75, 3.05) is 52.9 Å². The molecule has 2 N–H and O–H groups in total. The summed E-state index contributed by atoms with van der Waals surface area (Å²) in [6.45, 7) is 10.3. The van der Waals surface area contributed by atoms with Crippen molar-refractivity contribution in [2.24, 2.45) is 4.99 Å². The topological polar surface area (TPSA) is 60.0 Å². The summed E-state index contributed by atoms with van der Waals surface area (Å²) in [7, 11) is 1.81. The molecule has 0 saturated carbocycles. The van der Waals surface area contributed by atoms with Gasteiger partial charge in [-0.1, -0.05) is 19.8 Å². The van der Waals surface area contributed by atoms with E-state index in [1.807, 2.05) is 4.90 Å². The molecule has 1 heterocycles. The smallest absolute Gasteiger partial charge is 0.219 e. The first-order chi connectivity index (χ1) is 10.2. The third-order valence-electron chi connectivity index (χ3n) is 3.83. The molecule has 130 valence electrons. The monoisotopic (exact) mass is 425 g/mol. The zero-order valence-corrected chi connectivity index (χ0v) is 16.6. The number of carbonyl (C=O) groups excluding carboxylic acids is 1. The number of unbranched alkanes of at least 4 members (excludes halogenated alkanes) is 2. The quantitative estimate of drug-likeness (QED) is 0.278. The van der Waals surface area contributed by atoms with Crippen LogP contribution in [0.15, 0.2) is 4.99 Å². The largest absolute Gasteiger partial charge is 0.356 e. The molecule has 0 atom stereocenters. The van der Waals surface area contributed by atoms with E-state index in [2.05, 4.69) is 27.4 Å². The number of rotatable bonds is 7. The first kappa shape index (κ1) is 21.4. The molecule has 1 amide bonds. The van der Waals surface area contributed by atoms with Crippen molar-refractivity contribution >= 4 is 35.8 Å². The molecular weight excluding hydrogens is 393 g/mol. The van der Waals surface area contributed by atoms with Gasteiger partial charge in [-0.3, -0.25) is 14.7 Å². The Labute approximate surface area is 152 Å². The molecule has 22 heavy (non-hydrogen) atoms. The second kappa shape index (κ2) is 12.9. The van der Waals surface area contributed by atoms with Gasteiger partial charge in [0.2, 0.25) is 5.91 Å². The fraction of sp³-hybridized carbons (Fsp3) is 0.867. The number of guanidine groups is 1. The highest BCUT2D eigenvalue weighted by atomic mass is 127. The standard InChI is InChI=1S/C15H31N5O.HI/c1-4-5-6-7-17-15(16-3)18-8-9-19-10-12-20(13-11-19)14(2)21;/h4-13H2,1-3H3,(H2,16,17,18);1H. The number of aliphatic imine (C=N–C) groups is 1. The van der Waals surface area contributed by atoms with Crippen LogP contribution in [0, 0.1) is 0 Å². The van der Waals surface area contributed by atoms with E-state index in [0.717, 1.165) is 51.8 Å². The second-order valence-corrected chi connectivity index (χ2v) is 5.48. The van der Waals surface area contributed by atoms with Gasteiger partial charge in [-0.2, -0.15) is 0 Å². The molecule has 7 heteroatoms. The molecule has 0 spiro atoms. The number of hydrogen-bond donors (Lipinski definition) is 2. The summed E-state index contributed by atoms with van der Waals surface area (Å²) in [4.78, 5) is 19.8. The van der Waals surface area contributed by atoms with E-state index < -0.39 is 0 Å². The fourth-order valence-electron chi connectivity index (χ4n) is 2.42. The zero-order chi connectivity index (χ0) is 15.5. The highest BCUT2D eigenvalue weighted by Gasteiger charge is 2.17. The lowest BCUT2D eigenvalue weighted by Gasteiger charge is -2.34. The summed E-state index contributed by atoms with van der Waals surface area (Å²) < 4.78 is 0. The zero-order valence-electron chi connectivity index (χ0n) is 14.2. The minimum Gasteiger partial charge on any atom is -0.356 e. The van der Waals surface area contributed by atoms with Gasteiger partial charge in [-0.05, 0) is 6.42 Å². The molecule has 0 aliphatic carbocycles. The van der Waals surface area contributed by atoms with E-state index in [9.17, 15) is 4.79 Å². The maximum absolute atomic E-state index is 11.3. The van der Waals surface area contributed by atoms with Crippen LogP contribution in [-0.2, 0) is 4.79 Å². The van der Waals surface area contributed by atoms with Gasteiger partial charge in [0.25, 0.3) is 0 Å². The molecule has 0 aromatic rings. The molecule has 0 bridgehead atoms. The van der Waals surface area contributed by atoms with E-state index in [1.165, 1.54) is 19.3 Å². The molecule has 0 aromatic carbocycles. The number of halogens is 1. The van der Waals surface area contributed by atoms with Crippen LogP contribution in [0.3, 0.4) is 0 Å². The highest BCUT2D eigenvalue weighted by molar-refractivity contribution is 14.0. The van der Waals surface area contributed by atoms with E-state index in [-0.39, 0.29) is 29.9 Å². The molecule has 6 nitrogen and oxygen atoms in total. The molecule has 1 rings (SSSR count). The van der Waals surface area contributed by atoms with Crippen LogP contribution in [0.4, 0.5) is 0 Å². The minimum atomic E-state index is 0. The summed E-state index contributed by atoms with van der Waals surface area (Å²) in [6.07, 6.45) is 3.68. The van der Waals surface area contributed by atoms with Crippen molar-refractivity contribution in [3.8, 4) is 0 Å². The van der Waals surface area contributed by atoms with Gasteiger partial charge in [0.1, 0.15) is 0 Å². The summed E-state index contributed by atoms with van der Waals surface area (Å²) in [5.74, 6) is 1.07.